The zero-order valence-electron chi connectivity index (χ0n) is 8.52. The third kappa shape index (κ3) is 2.42. The molecule has 0 radical (unpaired) electrons. The summed E-state index contributed by atoms with van der Waals surface area (Å²) in [5.41, 5.74) is 0.853. The highest BCUT2D eigenvalue weighted by Gasteiger charge is 2.12. The lowest BCUT2D eigenvalue weighted by Gasteiger charge is -2.03. The van der Waals surface area contributed by atoms with E-state index in [0.29, 0.717) is 11.3 Å². The fourth-order valence-corrected chi connectivity index (χ4v) is 1.56. The van der Waals surface area contributed by atoms with Gasteiger partial charge in [-0.2, -0.15) is 0 Å². The molecule has 2 aromatic rings. The van der Waals surface area contributed by atoms with Crippen molar-refractivity contribution in [1.29, 1.82) is 0 Å². The first-order valence-electron chi connectivity index (χ1n) is 4.73. The number of aromatic nitrogens is 1. The Kier molecular flexibility index (Phi) is 3.06. The van der Waals surface area contributed by atoms with Gasteiger partial charge in [-0.3, -0.25) is 0 Å². The Labute approximate surface area is 101 Å². The second-order valence-electron chi connectivity index (χ2n) is 3.34. The van der Waals surface area contributed by atoms with Crippen molar-refractivity contribution in [3.05, 3.63) is 52.9 Å². The Morgan fingerprint density at radius 2 is 1.82 bits per heavy atom. The Morgan fingerprint density at radius 1 is 1.18 bits per heavy atom. The number of benzene rings is 1. The number of pyridine rings is 1. The van der Waals surface area contributed by atoms with Gasteiger partial charge in [0.05, 0.1) is 10.7 Å². The first-order valence-corrected chi connectivity index (χ1v) is 5.11. The first-order chi connectivity index (χ1) is 8.08. The minimum atomic E-state index is -1.20. The number of carboxylic acids is 1. The van der Waals surface area contributed by atoms with E-state index in [1.165, 1.54) is 30.3 Å². The van der Waals surface area contributed by atoms with E-state index in [9.17, 15) is 9.18 Å². The molecule has 1 heterocycles. The van der Waals surface area contributed by atoms with E-state index >= 15 is 0 Å². The quantitative estimate of drug-likeness (QED) is 0.891. The summed E-state index contributed by atoms with van der Waals surface area (Å²) in [5, 5.41) is 8.95. The summed E-state index contributed by atoms with van der Waals surface area (Å²) in [5.74, 6) is -1.56. The highest BCUT2D eigenvalue weighted by atomic mass is 35.5. The minimum Gasteiger partial charge on any atom is -0.476 e. The van der Waals surface area contributed by atoms with Crippen molar-refractivity contribution < 1.29 is 14.3 Å². The number of hydrogen-bond donors (Lipinski definition) is 1. The summed E-state index contributed by atoms with van der Waals surface area (Å²) in [6.07, 6.45) is 0. The number of aromatic carboxylic acids is 1. The summed E-state index contributed by atoms with van der Waals surface area (Å²) in [6.45, 7) is 0. The van der Waals surface area contributed by atoms with Gasteiger partial charge in [0.15, 0.2) is 5.69 Å². The van der Waals surface area contributed by atoms with Crippen molar-refractivity contribution >= 4 is 17.6 Å². The zero-order chi connectivity index (χ0) is 12.4. The van der Waals surface area contributed by atoms with Crippen molar-refractivity contribution in [2.24, 2.45) is 0 Å². The maximum Gasteiger partial charge on any atom is 0.356 e. The van der Waals surface area contributed by atoms with Crippen molar-refractivity contribution in [2.45, 2.75) is 0 Å². The average Bonchev–Trinajstić information content (AvgIpc) is 2.30. The van der Waals surface area contributed by atoms with E-state index in [-0.39, 0.29) is 16.5 Å². The van der Waals surface area contributed by atoms with Gasteiger partial charge in [-0.05, 0) is 36.4 Å². The van der Waals surface area contributed by atoms with Crippen LogP contribution in [0.4, 0.5) is 4.39 Å². The Bertz CT molecular complexity index is 569. The van der Waals surface area contributed by atoms with Gasteiger partial charge in [0.2, 0.25) is 0 Å². The lowest BCUT2D eigenvalue weighted by atomic mass is 10.1. The van der Waals surface area contributed by atoms with E-state index in [4.69, 9.17) is 16.7 Å². The van der Waals surface area contributed by atoms with Crippen molar-refractivity contribution in [2.75, 3.05) is 0 Å². The molecule has 0 aliphatic heterocycles. The number of hydrogen-bond acceptors (Lipinski definition) is 2. The second-order valence-corrected chi connectivity index (χ2v) is 3.75. The summed E-state index contributed by atoms with van der Waals surface area (Å²) in [7, 11) is 0. The Balaban J connectivity index is 2.50. The van der Waals surface area contributed by atoms with Crippen molar-refractivity contribution in [3.8, 4) is 11.3 Å². The van der Waals surface area contributed by atoms with Crippen LogP contribution >= 0.6 is 11.6 Å². The second kappa shape index (κ2) is 4.51. The van der Waals surface area contributed by atoms with E-state index in [2.05, 4.69) is 4.98 Å². The van der Waals surface area contributed by atoms with Crippen LogP contribution in [-0.2, 0) is 0 Å². The Morgan fingerprint density at radius 3 is 2.41 bits per heavy atom. The molecule has 5 heteroatoms. The van der Waals surface area contributed by atoms with E-state index in [1.54, 1.807) is 6.07 Å². The van der Waals surface area contributed by atoms with Crippen LogP contribution in [0.1, 0.15) is 10.5 Å². The van der Waals surface area contributed by atoms with Crippen LogP contribution in [-0.4, -0.2) is 16.1 Å². The van der Waals surface area contributed by atoms with Gasteiger partial charge in [0.25, 0.3) is 0 Å². The average molecular weight is 252 g/mol. The molecule has 17 heavy (non-hydrogen) atoms. The third-order valence-corrected chi connectivity index (χ3v) is 2.49. The van der Waals surface area contributed by atoms with Crippen LogP contribution < -0.4 is 0 Å². The van der Waals surface area contributed by atoms with E-state index < -0.39 is 5.97 Å². The molecule has 0 fully saturated rings. The molecular weight excluding hydrogens is 245 g/mol. The molecule has 1 N–H and O–H groups in total. The van der Waals surface area contributed by atoms with Gasteiger partial charge < -0.3 is 5.11 Å². The normalized spacial score (nSPS) is 10.2. The highest BCUT2D eigenvalue weighted by Crippen LogP contribution is 2.22. The standard InChI is InChI=1S/C12H7ClFNO2/c13-9-5-6-10(15-11(9)12(16)17)7-1-3-8(14)4-2-7/h1-6H,(H,16,17). The maximum absolute atomic E-state index is 12.7. The smallest absolute Gasteiger partial charge is 0.356 e. The fourth-order valence-electron chi connectivity index (χ4n) is 1.37. The van der Waals surface area contributed by atoms with Crippen LogP contribution in [0.3, 0.4) is 0 Å². The highest BCUT2D eigenvalue weighted by molar-refractivity contribution is 6.33. The van der Waals surface area contributed by atoms with Crippen molar-refractivity contribution in [3.63, 3.8) is 0 Å². The van der Waals surface area contributed by atoms with Crippen LogP contribution in [0.2, 0.25) is 5.02 Å². The molecule has 0 amide bonds. The van der Waals surface area contributed by atoms with Crippen LogP contribution in [0.15, 0.2) is 36.4 Å². The molecule has 0 unspecified atom stereocenters. The Hall–Kier alpha value is -1.94. The van der Waals surface area contributed by atoms with Crippen LogP contribution in [0, 0.1) is 5.82 Å². The lowest BCUT2D eigenvalue weighted by Crippen LogP contribution is -2.02. The maximum atomic E-state index is 12.7. The monoisotopic (exact) mass is 251 g/mol. The number of halogens is 2. The predicted molar refractivity (Wildman–Crippen MR) is 61.6 cm³/mol. The van der Waals surface area contributed by atoms with Crippen molar-refractivity contribution in [1.82, 2.24) is 4.98 Å². The van der Waals surface area contributed by atoms with Gasteiger partial charge in [0, 0.05) is 5.56 Å². The minimum absolute atomic E-state index is 0.0726. The largest absolute Gasteiger partial charge is 0.476 e. The van der Waals surface area contributed by atoms with Gasteiger partial charge in [-0.15, -0.1) is 0 Å². The molecule has 0 saturated heterocycles. The lowest BCUT2D eigenvalue weighted by molar-refractivity contribution is 0.0691. The molecule has 0 aliphatic rings. The van der Waals surface area contributed by atoms with Gasteiger partial charge >= 0.3 is 5.97 Å². The van der Waals surface area contributed by atoms with Crippen LogP contribution in [0.25, 0.3) is 11.3 Å². The van der Waals surface area contributed by atoms with Gasteiger partial charge in [-0.1, -0.05) is 11.6 Å². The molecule has 0 bridgehead atoms. The molecule has 2 rings (SSSR count). The summed E-state index contributed by atoms with van der Waals surface area (Å²) in [6, 6.07) is 8.66. The molecule has 0 aliphatic carbocycles. The summed E-state index contributed by atoms with van der Waals surface area (Å²) in [4.78, 5) is 14.8. The van der Waals surface area contributed by atoms with Crippen LogP contribution in [0.5, 0.6) is 0 Å². The molecule has 1 aromatic carbocycles. The fraction of sp³-hybridized carbons (Fsp3) is 0. The number of carbonyl (C=O) groups is 1. The third-order valence-electron chi connectivity index (χ3n) is 2.19. The molecule has 0 atom stereocenters. The SMILES string of the molecule is O=C(O)c1nc(-c2ccc(F)cc2)ccc1Cl. The zero-order valence-corrected chi connectivity index (χ0v) is 9.28. The first kappa shape index (κ1) is 11.5. The summed E-state index contributed by atoms with van der Waals surface area (Å²) >= 11 is 5.70. The van der Waals surface area contributed by atoms with Gasteiger partial charge in [-0.25, -0.2) is 14.2 Å². The molecule has 3 nitrogen and oxygen atoms in total. The number of rotatable bonds is 2. The number of carboxylic acid groups (broad SMARTS) is 1. The molecule has 0 saturated carbocycles. The molecule has 1 aromatic heterocycles. The molecule has 0 spiro atoms. The van der Waals surface area contributed by atoms with Gasteiger partial charge in [0.1, 0.15) is 5.82 Å². The molecular formula is C12H7ClFNO2. The predicted octanol–water partition coefficient (Wildman–Crippen LogP) is 3.24. The molecule has 86 valence electrons. The van der Waals surface area contributed by atoms with E-state index in [1.807, 2.05) is 0 Å². The topological polar surface area (TPSA) is 50.2 Å². The summed E-state index contributed by atoms with van der Waals surface area (Å²) < 4.78 is 12.7. The van der Waals surface area contributed by atoms with E-state index in [0.717, 1.165) is 0 Å². The number of nitrogens with zero attached hydrogens (tertiary/aromatic N) is 1.